The molecule has 0 amide bonds. The van der Waals surface area contributed by atoms with E-state index in [1.165, 1.54) is 13.0 Å². The molecule has 14 atom stereocenters. The molecule has 0 radical (unpaired) electrons. The Balaban J connectivity index is 1.21. The van der Waals surface area contributed by atoms with Crippen LogP contribution in [0.25, 0.3) is 0 Å². The Morgan fingerprint density at radius 3 is 2.46 bits per heavy atom. The number of aliphatic hydroxyl groups excluding tert-OH is 3. The van der Waals surface area contributed by atoms with E-state index < -0.39 is 47.8 Å². The van der Waals surface area contributed by atoms with Crippen molar-refractivity contribution in [3.8, 4) is 0 Å². The van der Waals surface area contributed by atoms with Gasteiger partial charge >= 0.3 is 11.9 Å². The molecule has 4 aliphatic carbocycles. The van der Waals surface area contributed by atoms with Gasteiger partial charge in [0.2, 0.25) is 0 Å². The van der Waals surface area contributed by atoms with E-state index in [-0.39, 0.29) is 41.9 Å². The number of carbonyl (C=O) groups is 2. The highest BCUT2D eigenvalue weighted by molar-refractivity contribution is 5.85. The Morgan fingerprint density at radius 1 is 1.02 bits per heavy atom. The number of esters is 2. The summed E-state index contributed by atoms with van der Waals surface area (Å²) < 4.78 is 23.0. The maximum absolute atomic E-state index is 12.7. The van der Waals surface area contributed by atoms with E-state index in [4.69, 9.17) is 18.9 Å². The van der Waals surface area contributed by atoms with Crippen molar-refractivity contribution in [3.05, 3.63) is 11.6 Å². The van der Waals surface area contributed by atoms with Crippen LogP contribution in [0.3, 0.4) is 0 Å². The summed E-state index contributed by atoms with van der Waals surface area (Å²) in [6.07, 6.45) is 1.79. The zero-order chi connectivity index (χ0) is 29.5. The molecule has 0 aromatic rings. The van der Waals surface area contributed by atoms with Crippen LogP contribution < -0.4 is 0 Å². The smallest absolute Gasteiger partial charge is 0.331 e. The summed E-state index contributed by atoms with van der Waals surface area (Å²) >= 11 is 0. The highest BCUT2D eigenvalue weighted by Gasteiger charge is 2.71. The van der Waals surface area contributed by atoms with Gasteiger partial charge in [0.05, 0.1) is 17.8 Å². The van der Waals surface area contributed by atoms with Gasteiger partial charge in [0.1, 0.15) is 31.0 Å². The Bertz CT molecular complexity index is 1090. The Kier molecular flexibility index (Phi) is 7.39. The summed E-state index contributed by atoms with van der Waals surface area (Å²) in [6.45, 7) is 7.70. The van der Waals surface area contributed by atoms with Gasteiger partial charge in [-0.15, -0.1) is 0 Å². The fourth-order valence-corrected chi connectivity index (χ4v) is 10.2. The molecule has 5 fully saturated rings. The lowest BCUT2D eigenvalue weighted by atomic mass is 9.43. The van der Waals surface area contributed by atoms with Crippen LogP contribution >= 0.6 is 0 Å². The molecule has 4 saturated carbocycles. The Hall–Kier alpha value is -1.56. The van der Waals surface area contributed by atoms with Crippen LogP contribution in [0.4, 0.5) is 0 Å². The van der Waals surface area contributed by atoms with E-state index in [1.54, 1.807) is 6.92 Å². The second-order valence-electron chi connectivity index (χ2n) is 14.2. The Morgan fingerprint density at radius 2 is 1.78 bits per heavy atom. The summed E-state index contributed by atoms with van der Waals surface area (Å²) in [7, 11) is 0. The molecular formula is C31H46O10. The lowest BCUT2D eigenvalue weighted by Crippen LogP contribution is -2.62. The molecule has 0 aromatic carbocycles. The highest BCUT2D eigenvalue weighted by atomic mass is 16.7. The average molecular weight is 579 g/mol. The minimum absolute atomic E-state index is 0.00437. The molecule has 4 N–H and O–H groups in total. The number of cyclic esters (lactones) is 1. The molecule has 4 unspecified atom stereocenters. The summed E-state index contributed by atoms with van der Waals surface area (Å²) in [5, 5.41) is 43.4. The predicted molar refractivity (Wildman–Crippen MR) is 144 cm³/mol. The van der Waals surface area contributed by atoms with Gasteiger partial charge in [0.15, 0.2) is 6.29 Å². The molecule has 2 aliphatic heterocycles. The molecule has 0 aromatic heterocycles. The minimum atomic E-state index is -1.32. The zero-order valence-electron chi connectivity index (χ0n) is 24.5. The molecule has 2 heterocycles. The summed E-state index contributed by atoms with van der Waals surface area (Å²) in [5.74, 6) is -0.326. The van der Waals surface area contributed by atoms with E-state index in [9.17, 15) is 30.0 Å². The number of hydrogen-bond donors (Lipinski definition) is 4. The number of ether oxygens (including phenoxy) is 4. The Labute approximate surface area is 241 Å². The normalized spacial score (nSPS) is 53.0. The van der Waals surface area contributed by atoms with Gasteiger partial charge in [0, 0.05) is 30.8 Å². The van der Waals surface area contributed by atoms with Crippen molar-refractivity contribution in [1.29, 1.82) is 0 Å². The van der Waals surface area contributed by atoms with E-state index in [0.717, 1.165) is 50.5 Å². The molecule has 1 saturated heterocycles. The van der Waals surface area contributed by atoms with Gasteiger partial charge in [-0.3, -0.25) is 4.79 Å². The fraction of sp³-hybridized carbons (Fsp3) is 0.871. The number of rotatable bonds is 4. The molecule has 41 heavy (non-hydrogen) atoms. The SMILES string of the molecule is CC(=O)OC1C[C@]2(O)C3CC[C@@H]4C[C@@H](O[C@@H]5O[C@@H](C)[C@H](O)[C@@H](O)[C@H]5O)CC[C@]4(C)C3CC[C@]2(C)C1C1=CC(=O)OC1. The number of fused-ring (bicyclic) bond motifs is 5. The van der Waals surface area contributed by atoms with Crippen molar-refractivity contribution in [2.75, 3.05) is 6.61 Å². The summed E-state index contributed by atoms with van der Waals surface area (Å²) in [5.41, 5.74) is -0.777. The van der Waals surface area contributed by atoms with Crippen LogP contribution in [0, 0.1) is 34.5 Å². The maximum atomic E-state index is 12.7. The minimum Gasteiger partial charge on any atom is -0.462 e. The molecule has 0 bridgehead atoms. The largest absolute Gasteiger partial charge is 0.462 e. The lowest BCUT2D eigenvalue weighted by Gasteiger charge is -2.63. The molecule has 230 valence electrons. The zero-order valence-corrected chi connectivity index (χ0v) is 24.5. The predicted octanol–water partition coefficient (Wildman–Crippen LogP) is 2.00. The van der Waals surface area contributed by atoms with Crippen LogP contribution in [0.1, 0.15) is 79.1 Å². The van der Waals surface area contributed by atoms with Crippen molar-refractivity contribution < 1.29 is 49.0 Å². The molecule has 6 aliphatic rings. The molecule has 10 nitrogen and oxygen atoms in total. The average Bonchev–Trinajstić information content (AvgIpc) is 3.42. The third kappa shape index (κ3) is 4.51. The van der Waals surface area contributed by atoms with E-state index in [0.29, 0.717) is 18.3 Å². The van der Waals surface area contributed by atoms with Gasteiger partial charge in [0.25, 0.3) is 0 Å². The number of carbonyl (C=O) groups excluding carboxylic acids is 2. The van der Waals surface area contributed by atoms with Gasteiger partial charge < -0.3 is 39.4 Å². The molecule has 0 spiro atoms. The van der Waals surface area contributed by atoms with Crippen molar-refractivity contribution in [1.82, 2.24) is 0 Å². The molecular weight excluding hydrogens is 532 g/mol. The van der Waals surface area contributed by atoms with Gasteiger partial charge in [-0.25, -0.2) is 4.79 Å². The van der Waals surface area contributed by atoms with Gasteiger partial charge in [-0.05, 0) is 80.6 Å². The van der Waals surface area contributed by atoms with Crippen molar-refractivity contribution in [2.45, 2.75) is 128 Å². The number of aliphatic hydroxyl groups is 4. The topological polar surface area (TPSA) is 152 Å². The quantitative estimate of drug-likeness (QED) is 0.288. The van der Waals surface area contributed by atoms with Crippen molar-refractivity contribution in [2.24, 2.45) is 34.5 Å². The second kappa shape index (κ2) is 10.3. The van der Waals surface area contributed by atoms with Crippen LogP contribution in [0.2, 0.25) is 0 Å². The standard InChI is InChI=1S/C31H46O10/c1-15-25(34)26(35)27(36)28(39-15)41-19-7-9-29(3)18(12-19)5-6-21-20(29)8-10-30(4)24(17-11-23(33)38-14-17)22(40-16(2)32)13-31(21,30)37/h11,15,18-22,24-28,34-37H,5-10,12-14H2,1-4H3/t15-,18+,19-,20?,21?,22?,24?,25-,26+,27+,28-,29-,30+,31-/m0/s1. The van der Waals surface area contributed by atoms with Crippen molar-refractivity contribution >= 4 is 11.9 Å². The van der Waals surface area contributed by atoms with Gasteiger partial charge in [-0.2, -0.15) is 0 Å². The van der Waals surface area contributed by atoms with E-state index in [2.05, 4.69) is 13.8 Å². The number of hydrogen-bond acceptors (Lipinski definition) is 10. The third-order valence-corrected chi connectivity index (χ3v) is 12.3. The van der Waals surface area contributed by atoms with Crippen LogP contribution in [0.5, 0.6) is 0 Å². The maximum Gasteiger partial charge on any atom is 0.331 e. The van der Waals surface area contributed by atoms with Crippen LogP contribution in [0.15, 0.2) is 11.6 Å². The monoisotopic (exact) mass is 578 g/mol. The lowest BCUT2D eigenvalue weighted by molar-refractivity contribution is -0.310. The van der Waals surface area contributed by atoms with E-state index in [1.807, 2.05) is 0 Å². The fourth-order valence-electron chi connectivity index (χ4n) is 10.2. The van der Waals surface area contributed by atoms with Gasteiger partial charge in [-0.1, -0.05) is 13.8 Å². The first-order valence-corrected chi connectivity index (χ1v) is 15.4. The summed E-state index contributed by atoms with van der Waals surface area (Å²) in [6, 6.07) is 0. The van der Waals surface area contributed by atoms with Crippen LogP contribution in [-0.4, -0.2) is 87.5 Å². The highest BCUT2D eigenvalue weighted by Crippen LogP contribution is 2.70. The van der Waals surface area contributed by atoms with Crippen LogP contribution in [-0.2, 0) is 28.5 Å². The second-order valence-corrected chi connectivity index (χ2v) is 14.2. The molecule has 6 rings (SSSR count). The first kappa shape index (κ1) is 29.5. The van der Waals surface area contributed by atoms with Crippen molar-refractivity contribution in [3.63, 3.8) is 0 Å². The first-order valence-electron chi connectivity index (χ1n) is 15.4. The first-order chi connectivity index (χ1) is 19.3. The third-order valence-electron chi connectivity index (χ3n) is 12.3. The molecule has 10 heteroatoms. The summed E-state index contributed by atoms with van der Waals surface area (Å²) in [4.78, 5) is 24.1. The van der Waals surface area contributed by atoms with E-state index >= 15 is 0 Å².